The van der Waals surface area contributed by atoms with E-state index in [-0.39, 0.29) is 12.8 Å². The lowest BCUT2D eigenvalue weighted by atomic mass is 9.85. The Morgan fingerprint density at radius 1 is 0.588 bits per heavy atom. The number of rotatable bonds is 31. The molecule has 1 saturated carbocycles. The summed E-state index contributed by atoms with van der Waals surface area (Å²) in [6.07, 6.45) is 13.0. The number of allylic oxidation sites excluding steroid dienone is 2. The Bertz CT molecular complexity index is 964. The number of aliphatic hydroxyl groups is 5. The molecule has 0 aliphatic heterocycles. The Kier molecular flexibility index (Phi) is 27.1. The van der Waals surface area contributed by atoms with Crippen LogP contribution in [0.1, 0.15) is 155 Å². The third kappa shape index (κ3) is 22.4. The molecule has 0 saturated heterocycles. The van der Waals surface area contributed by atoms with Gasteiger partial charge in [0.05, 0.1) is 6.61 Å². The summed E-state index contributed by atoms with van der Waals surface area (Å²) in [6, 6.07) is 0. The molecular formula is C37H69O13P. The van der Waals surface area contributed by atoms with Crippen LogP contribution in [-0.2, 0) is 32.7 Å². The molecule has 1 fully saturated rings. The van der Waals surface area contributed by atoms with E-state index < -0.39 is 75.7 Å². The lowest BCUT2D eigenvalue weighted by Gasteiger charge is -2.41. The van der Waals surface area contributed by atoms with E-state index in [1.165, 1.54) is 57.8 Å². The van der Waals surface area contributed by atoms with Crippen LogP contribution in [0.5, 0.6) is 0 Å². The molecule has 14 heteroatoms. The molecule has 0 aromatic heterocycles. The maximum atomic E-state index is 12.7. The fourth-order valence-electron chi connectivity index (χ4n) is 5.87. The minimum atomic E-state index is -5.10. The van der Waals surface area contributed by atoms with Gasteiger partial charge < -0.3 is 39.9 Å². The predicted molar refractivity (Wildman–Crippen MR) is 194 cm³/mol. The summed E-state index contributed by atoms with van der Waals surface area (Å²) in [4.78, 5) is 35.4. The van der Waals surface area contributed by atoms with Crippen molar-refractivity contribution in [3.05, 3.63) is 12.2 Å². The van der Waals surface area contributed by atoms with Gasteiger partial charge >= 0.3 is 19.8 Å². The first-order valence-electron chi connectivity index (χ1n) is 19.5. The van der Waals surface area contributed by atoms with E-state index in [0.717, 1.165) is 57.8 Å². The standard InChI is InChI=1S/C37H69O13P/c1-3-5-7-9-11-13-14-15-16-18-20-22-24-26-31(39)49-29(27-47-30(38)25-23-21-19-17-12-10-8-6-4-2)28-48-51(45,46)50-37-35(43)33(41)32(40)34(42)36(37)44/h13-14,29,32-37,40-44H,3-12,15-28H2,1-2H3,(H,45,46)/b14-13-/t29-,32?,33-,34?,35?,36?,37?/m1/s1. The van der Waals surface area contributed by atoms with E-state index in [0.29, 0.717) is 12.8 Å². The molecule has 0 spiro atoms. The van der Waals surface area contributed by atoms with E-state index in [9.17, 15) is 44.6 Å². The van der Waals surface area contributed by atoms with Crippen molar-refractivity contribution in [1.82, 2.24) is 0 Å². The van der Waals surface area contributed by atoms with Gasteiger partial charge in [-0.05, 0) is 38.5 Å². The molecule has 0 radical (unpaired) electrons. The van der Waals surface area contributed by atoms with Crippen molar-refractivity contribution in [3.63, 3.8) is 0 Å². The number of hydrogen-bond acceptors (Lipinski definition) is 12. The number of carbonyl (C=O) groups excluding carboxylic acids is 2. The number of carbonyl (C=O) groups is 2. The van der Waals surface area contributed by atoms with Gasteiger partial charge in [-0.15, -0.1) is 0 Å². The Morgan fingerprint density at radius 2 is 1.00 bits per heavy atom. The monoisotopic (exact) mass is 752 g/mol. The molecule has 0 amide bonds. The normalized spacial score (nSPS) is 24.0. The summed E-state index contributed by atoms with van der Waals surface area (Å²) >= 11 is 0. The van der Waals surface area contributed by atoms with Gasteiger partial charge in [0, 0.05) is 12.8 Å². The van der Waals surface area contributed by atoms with Crippen molar-refractivity contribution in [1.29, 1.82) is 0 Å². The second-order valence-corrected chi connectivity index (χ2v) is 15.2. The fraction of sp³-hybridized carbons (Fsp3) is 0.892. The number of phosphoric acid groups is 1. The first kappa shape index (κ1) is 47.6. The van der Waals surface area contributed by atoms with E-state index in [1.807, 2.05) is 0 Å². The van der Waals surface area contributed by atoms with Gasteiger partial charge in [0.1, 0.15) is 43.2 Å². The molecule has 0 bridgehead atoms. The summed E-state index contributed by atoms with van der Waals surface area (Å²) in [6.45, 7) is 3.21. The molecule has 6 N–H and O–H groups in total. The van der Waals surface area contributed by atoms with E-state index in [1.54, 1.807) is 0 Å². The lowest BCUT2D eigenvalue weighted by Crippen LogP contribution is -2.64. The minimum Gasteiger partial charge on any atom is -0.462 e. The van der Waals surface area contributed by atoms with Gasteiger partial charge in [-0.3, -0.25) is 18.6 Å². The van der Waals surface area contributed by atoms with Crippen LogP contribution >= 0.6 is 7.82 Å². The molecule has 0 aromatic carbocycles. The van der Waals surface area contributed by atoms with Crippen molar-refractivity contribution in [3.8, 4) is 0 Å². The summed E-state index contributed by atoms with van der Waals surface area (Å²) in [5.74, 6) is -1.11. The van der Waals surface area contributed by atoms with Gasteiger partial charge in [-0.25, -0.2) is 4.57 Å². The smallest absolute Gasteiger partial charge is 0.462 e. The van der Waals surface area contributed by atoms with Crippen molar-refractivity contribution < 1.29 is 63.1 Å². The summed E-state index contributed by atoms with van der Waals surface area (Å²) < 4.78 is 33.3. The zero-order chi connectivity index (χ0) is 37.9. The first-order valence-corrected chi connectivity index (χ1v) is 21.0. The highest BCUT2D eigenvalue weighted by Gasteiger charge is 2.51. The fourth-order valence-corrected chi connectivity index (χ4v) is 6.84. The third-order valence-electron chi connectivity index (χ3n) is 9.11. The number of aliphatic hydroxyl groups excluding tert-OH is 5. The predicted octanol–water partition coefficient (Wildman–Crippen LogP) is 5.94. The Labute approximate surface area is 305 Å². The minimum absolute atomic E-state index is 0.0897. The number of ether oxygens (including phenoxy) is 2. The molecule has 51 heavy (non-hydrogen) atoms. The van der Waals surface area contributed by atoms with Crippen LogP contribution in [0.15, 0.2) is 12.2 Å². The molecule has 0 aromatic rings. The molecule has 0 heterocycles. The second-order valence-electron chi connectivity index (χ2n) is 13.8. The average Bonchev–Trinajstić information content (AvgIpc) is 3.10. The van der Waals surface area contributed by atoms with Gasteiger partial charge in [-0.1, -0.05) is 116 Å². The third-order valence-corrected chi connectivity index (χ3v) is 10.1. The van der Waals surface area contributed by atoms with Crippen LogP contribution in [0.4, 0.5) is 0 Å². The van der Waals surface area contributed by atoms with Crippen LogP contribution < -0.4 is 0 Å². The molecule has 8 atom stereocenters. The van der Waals surface area contributed by atoms with Crippen LogP contribution in [0.3, 0.4) is 0 Å². The maximum absolute atomic E-state index is 12.7. The van der Waals surface area contributed by atoms with Crippen LogP contribution in [0.2, 0.25) is 0 Å². The number of esters is 2. The SMILES string of the molecule is CCCCCC/C=C\CCCCCCCC(=O)O[C@H](COC(=O)CCCCCCCCCCC)COP(=O)(O)OC1C(O)C(O)C(O)[C@@H](O)C1O. The average molecular weight is 753 g/mol. The van der Waals surface area contributed by atoms with Crippen LogP contribution in [0.25, 0.3) is 0 Å². The second kappa shape index (κ2) is 29.0. The quantitative estimate of drug-likeness (QED) is 0.0210. The van der Waals surface area contributed by atoms with Gasteiger partial charge in [0.15, 0.2) is 6.10 Å². The Hall–Kier alpha value is -1.41. The van der Waals surface area contributed by atoms with Crippen LogP contribution in [0, 0.1) is 0 Å². The lowest BCUT2D eigenvalue weighted by molar-refractivity contribution is -0.220. The van der Waals surface area contributed by atoms with Gasteiger partial charge in [-0.2, -0.15) is 0 Å². The van der Waals surface area contributed by atoms with E-state index >= 15 is 0 Å². The highest BCUT2D eigenvalue weighted by Crippen LogP contribution is 2.47. The first-order chi connectivity index (χ1) is 24.4. The summed E-state index contributed by atoms with van der Waals surface area (Å²) in [5.41, 5.74) is 0. The largest absolute Gasteiger partial charge is 0.472 e. The summed E-state index contributed by atoms with van der Waals surface area (Å²) in [7, 11) is -5.10. The molecule has 6 unspecified atom stereocenters. The van der Waals surface area contributed by atoms with E-state index in [2.05, 4.69) is 26.0 Å². The molecule has 300 valence electrons. The highest BCUT2D eigenvalue weighted by atomic mass is 31.2. The van der Waals surface area contributed by atoms with Crippen molar-refractivity contribution in [2.45, 2.75) is 198 Å². The molecule has 1 rings (SSSR count). The number of phosphoric ester groups is 1. The highest BCUT2D eigenvalue weighted by molar-refractivity contribution is 7.47. The van der Waals surface area contributed by atoms with Gasteiger partial charge in [0.2, 0.25) is 0 Å². The molecule has 1 aliphatic carbocycles. The van der Waals surface area contributed by atoms with Crippen molar-refractivity contribution in [2.24, 2.45) is 0 Å². The van der Waals surface area contributed by atoms with Crippen molar-refractivity contribution >= 4 is 19.8 Å². The summed E-state index contributed by atoms with van der Waals surface area (Å²) in [5, 5.41) is 49.9. The van der Waals surface area contributed by atoms with Crippen LogP contribution in [-0.4, -0.2) is 98.3 Å². The topological polar surface area (TPSA) is 210 Å². The van der Waals surface area contributed by atoms with Gasteiger partial charge in [0.25, 0.3) is 0 Å². The zero-order valence-electron chi connectivity index (χ0n) is 31.2. The number of hydrogen-bond donors (Lipinski definition) is 6. The van der Waals surface area contributed by atoms with Crippen molar-refractivity contribution in [2.75, 3.05) is 13.2 Å². The van der Waals surface area contributed by atoms with E-state index in [4.69, 9.17) is 18.5 Å². The Morgan fingerprint density at radius 3 is 1.51 bits per heavy atom. The molecule has 1 aliphatic rings. The Balaban J connectivity index is 2.55. The molecule has 13 nitrogen and oxygen atoms in total. The molecular weight excluding hydrogens is 683 g/mol. The maximum Gasteiger partial charge on any atom is 0.472 e. The zero-order valence-corrected chi connectivity index (χ0v) is 32.0. The number of unbranched alkanes of at least 4 members (excludes halogenated alkanes) is 17.